The minimum Gasteiger partial charge on any atom is -0.309 e. The van der Waals surface area contributed by atoms with E-state index in [9.17, 15) is 5.26 Å². The fourth-order valence-corrected chi connectivity index (χ4v) is 9.39. The third kappa shape index (κ3) is 5.56. The van der Waals surface area contributed by atoms with E-state index in [2.05, 4.69) is 114 Å². The van der Waals surface area contributed by atoms with Gasteiger partial charge in [-0.2, -0.15) is 5.26 Å². The summed E-state index contributed by atoms with van der Waals surface area (Å²) in [6, 6.07) is 67.4. The highest BCUT2D eigenvalue weighted by Gasteiger charge is 2.22. The highest BCUT2D eigenvalue weighted by molar-refractivity contribution is 7.25. The van der Waals surface area contributed by atoms with E-state index in [0.717, 1.165) is 66.4 Å². The van der Waals surface area contributed by atoms with Crippen LogP contribution in [0, 0.1) is 11.3 Å². The summed E-state index contributed by atoms with van der Waals surface area (Å²) in [4.78, 5) is 15.6. The molecule has 3 aromatic heterocycles. The van der Waals surface area contributed by atoms with Crippen LogP contribution in [0.1, 0.15) is 5.56 Å². The van der Waals surface area contributed by atoms with E-state index >= 15 is 0 Å². The van der Waals surface area contributed by atoms with Crippen molar-refractivity contribution in [3.63, 3.8) is 0 Å². The maximum absolute atomic E-state index is 9.97. The molecule has 0 bridgehead atoms. The molecule has 0 fully saturated rings. The van der Waals surface area contributed by atoms with Crippen molar-refractivity contribution in [3.8, 4) is 68.2 Å². The predicted molar refractivity (Wildman–Crippen MR) is 239 cm³/mol. The van der Waals surface area contributed by atoms with Crippen molar-refractivity contribution in [2.24, 2.45) is 0 Å². The SMILES string of the molecule is N#Cc1ccccc1-c1ccc2c(c1)c1ccccc1n2-c1ccc(-c2cccc3sc4ccccc4c23)cc1-c1nc(-c2ccccc2)nc(-c2ccccc2)n1. The Bertz CT molecular complexity index is 3360. The lowest BCUT2D eigenvalue weighted by molar-refractivity contribution is 1.06. The van der Waals surface area contributed by atoms with Crippen molar-refractivity contribution < 1.29 is 0 Å². The number of hydrogen-bond donors (Lipinski definition) is 0. The molecular weight excluding hydrogens is 727 g/mol. The number of hydrogen-bond acceptors (Lipinski definition) is 5. The largest absolute Gasteiger partial charge is 0.309 e. The van der Waals surface area contributed by atoms with Crippen LogP contribution in [0.5, 0.6) is 0 Å². The Morgan fingerprint density at radius 1 is 0.414 bits per heavy atom. The van der Waals surface area contributed by atoms with Crippen LogP contribution < -0.4 is 0 Å². The second-order valence-electron chi connectivity index (χ2n) is 14.3. The average Bonchev–Trinajstić information content (AvgIpc) is 3.85. The summed E-state index contributed by atoms with van der Waals surface area (Å²) in [5, 5.41) is 14.7. The summed E-state index contributed by atoms with van der Waals surface area (Å²) in [5.74, 6) is 1.79. The fraction of sp³-hybridized carbons (Fsp3) is 0. The first-order chi connectivity index (χ1) is 28.7. The van der Waals surface area contributed by atoms with E-state index in [4.69, 9.17) is 15.0 Å². The van der Waals surface area contributed by atoms with E-state index < -0.39 is 0 Å². The van der Waals surface area contributed by atoms with Gasteiger partial charge in [0, 0.05) is 47.6 Å². The van der Waals surface area contributed by atoms with E-state index in [-0.39, 0.29) is 0 Å². The van der Waals surface area contributed by atoms with Gasteiger partial charge in [-0.3, -0.25) is 0 Å². The van der Waals surface area contributed by atoms with Gasteiger partial charge in [0.15, 0.2) is 17.5 Å². The average molecular weight is 758 g/mol. The zero-order valence-electron chi connectivity index (χ0n) is 31.0. The minimum absolute atomic E-state index is 0.581. The monoisotopic (exact) mass is 757 g/mol. The molecule has 270 valence electrons. The molecule has 0 saturated heterocycles. The topological polar surface area (TPSA) is 67.4 Å². The second kappa shape index (κ2) is 13.8. The zero-order chi connectivity index (χ0) is 38.6. The molecule has 0 amide bonds. The van der Waals surface area contributed by atoms with E-state index in [1.54, 1.807) is 0 Å². The quantitative estimate of drug-likeness (QED) is 0.169. The van der Waals surface area contributed by atoms with Crippen LogP contribution >= 0.6 is 11.3 Å². The normalized spacial score (nSPS) is 11.4. The highest BCUT2D eigenvalue weighted by Crippen LogP contribution is 2.43. The van der Waals surface area contributed by atoms with Crippen LogP contribution in [0.4, 0.5) is 0 Å². The molecule has 0 aliphatic carbocycles. The Kier molecular flexibility index (Phi) is 7.99. The Morgan fingerprint density at radius 3 is 1.78 bits per heavy atom. The van der Waals surface area contributed by atoms with Crippen molar-refractivity contribution in [1.29, 1.82) is 5.26 Å². The van der Waals surface area contributed by atoms with Crippen LogP contribution in [0.2, 0.25) is 0 Å². The number of benzene rings is 8. The molecule has 8 aromatic carbocycles. The summed E-state index contributed by atoms with van der Waals surface area (Å²) in [7, 11) is 0. The van der Waals surface area contributed by atoms with E-state index in [1.807, 2.05) is 96.3 Å². The van der Waals surface area contributed by atoms with Gasteiger partial charge in [-0.15, -0.1) is 11.3 Å². The minimum atomic E-state index is 0.581. The smallest absolute Gasteiger partial charge is 0.166 e. The molecule has 11 rings (SSSR count). The number of para-hydroxylation sites is 1. The van der Waals surface area contributed by atoms with Gasteiger partial charge in [-0.1, -0.05) is 140 Å². The molecule has 0 aliphatic heterocycles. The van der Waals surface area contributed by atoms with Crippen molar-refractivity contribution >= 4 is 53.3 Å². The maximum atomic E-state index is 9.97. The lowest BCUT2D eigenvalue weighted by atomic mass is 9.96. The Labute approximate surface area is 338 Å². The first kappa shape index (κ1) is 33.6. The van der Waals surface area contributed by atoms with Gasteiger partial charge in [-0.05, 0) is 70.8 Å². The van der Waals surface area contributed by atoms with E-state index in [1.165, 1.54) is 20.2 Å². The Balaban J connectivity index is 1.22. The van der Waals surface area contributed by atoms with Gasteiger partial charge < -0.3 is 4.57 Å². The lowest BCUT2D eigenvalue weighted by Gasteiger charge is -2.17. The zero-order valence-corrected chi connectivity index (χ0v) is 31.9. The first-order valence-electron chi connectivity index (χ1n) is 19.2. The van der Waals surface area contributed by atoms with Crippen LogP contribution in [-0.4, -0.2) is 19.5 Å². The summed E-state index contributed by atoms with van der Waals surface area (Å²) in [6.07, 6.45) is 0. The molecule has 0 atom stereocenters. The number of nitrogens with zero attached hydrogens (tertiary/aromatic N) is 5. The fourth-order valence-electron chi connectivity index (χ4n) is 8.25. The molecule has 5 nitrogen and oxygen atoms in total. The van der Waals surface area contributed by atoms with Crippen LogP contribution in [0.3, 0.4) is 0 Å². The van der Waals surface area contributed by atoms with Crippen molar-refractivity contribution in [3.05, 3.63) is 194 Å². The lowest BCUT2D eigenvalue weighted by Crippen LogP contribution is -2.04. The number of nitriles is 1. The molecule has 0 spiro atoms. The molecule has 6 heteroatoms. The molecule has 11 aromatic rings. The molecule has 0 unspecified atom stereocenters. The first-order valence-corrected chi connectivity index (χ1v) is 20.0. The van der Waals surface area contributed by atoms with Gasteiger partial charge >= 0.3 is 0 Å². The Hall–Kier alpha value is -7.72. The summed E-state index contributed by atoms with van der Waals surface area (Å²) in [6.45, 7) is 0. The summed E-state index contributed by atoms with van der Waals surface area (Å²) >= 11 is 1.82. The number of aromatic nitrogens is 4. The number of fused-ring (bicyclic) bond motifs is 6. The van der Waals surface area contributed by atoms with Crippen molar-refractivity contribution in [2.75, 3.05) is 0 Å². The maximum Gasteiger partial charge on any atom is 0.166 e. The second-order valence-corrected chi connectivity index (χ2v) is 15.4. The molecule has 0 radical (unpaired) electrons. The van der Waals surface area contributed by atoms with Crippen LogP contribution in [0.25, 0.3) is 104 Å². The van der Waals surface area contributed by atoms with Gasteiger partial charge in [0.2, 0.25) is 0 Å². The molecular formula is C52H31N5S. The highest BCUT2D eigenvalue weighted by atomic mass is 32.1. The van der Waals surface area contributed by atoms with Gasteiger partial charge in [-0.25, -0.2) is 15.0 Å². The molecule has 0 saturated carbocycles. The third-order valence-electron chi connectivity index (χ3n) is 10.9. The third-order valence-corrected chi connectivity index (χ3v) is 12.1. The Morgan fingerprint density at radius 2 is 1.00 bits per heavy atom. The van der Waals surface area contributed by atoms with E-state index in [0.29, 0.717) is 23.0 Å². The number of rotatable bonds is 6. The summed E-state index contributed by atoms with van der Waals surface area (Å²) in [5.41, 5.74) is 10.6. The standard InChI is InChI=1S/C52H31N5S/c53-32-37-18-7-8-19-38(37)35-26-28-45-42(30-35)40-20-9-11-23-44(40)57(45)46-29-27-36(39-22-13-25-48-49(39)41-21-10-12-24-47(41)58-48)31-43(46)52-55-50(33-14-3-1-4-15-33)54-51(56-52)34-16-5-2-6-17-34/h1-31H. The molecule has 0 N–H and O–H groups in total. The van der Waals surface area contributed by atoms with Crippen molar-refractivity contribution in [1.82, 2.24) is 19.5 Å². The van der Waals surface area contributed by atoms with Crippen molar-refractivity contribution in [2.45, 2.75) is 0 Å². The molecule has 3 heterocycles. The predicted octanol–water partition coefficient (Wildman–Crippen LogP) is 13.5. The molecule has 58 heavy (non-hydrogen) atoms. The van der Waals surface area contributed by atoms with Gasteiger partial charge in [0.25, 0.3) is 0 Å². The van der Waals surface area contributed by atoms with Crippen LogP contribution in [-0.2, 0) is 0 Å². The number of thiophene rings is 1. The van der Waals surface area contributed by atoms with Gasteiger partial charge in [0.05, 0.1) is 28.4 Å². The van der Waals surface area contributed by atoms with Gasteiger partial charge in [0.1, 0.15) is 0 Å². The summed E-state index contributed by atoms with van der Waals surface area (Å²) < 4.78 is 4.85. The molecule has 0 aliphatic rings. The van der Waals surface area contributed by atoms with Crippen LogP contribution in [0.15, 0.2) is 188 Å².